The summed E-state index contributed by atoms with van der Waals surface area (Å²) in [5.41, 5.74) is 3.97. The summed E-state index contributed by atoms with van der Waals surface area (Å²) in [6.07, 6.45) is 3.00. The molecule has 0 saturated heterocycles. The molecule has 34 heavy (non-hydrogen) atoms. The molecule has 0 heterocycles. The van der Waals surface area contributed by atoms with Crippen LogP contribution in [0.15, 0.2) is 77.7 Å². The van der Waals surface area contributed by atoms with Crippen LogP contribution >= 0.6 is 0 Å². The molecule has 0 saturated carbocycles. The number of aryl methyl sites for hydroxylation is 2. The van der Waals surface area contributed by atoms with Crippen LogP contribution in [-0.2, 0) is 27.7 Å². The normalized spacial score (nSPS) is 16.4. The summed E-state index contributed by atoms with van der Waals surface area (Å²) in [4.78, 5) is 13.5. The van der Waals surface area contributed by atoms with E-state index < -0.39 is 16.1 Å². The molecular weight excluding hydrogens is 448 g/mol. The first kappa shape index (κ1) is 24.0. The number of fused-ring (bicyclic) bond motifs is 1. The molecule has 1 aliphatic carbocycles. The third-order valence-electron chi connectivity index (χ3n) is 6.19. The van der Waals surface area contributed by atoms with Crippen molar-refractivity contribution < 1.29 is 17.9 Å². The predicted octanol–water partition coefficient (Wildman–Crippen LogP) is 4.09. The van der Waals surface area contributed by atoms with Gasteiger partial charge in [0, 0.05) is 0 Å². The third-order valence-corrected chi connectivity index (χ3v) is 7.68. The number of carbonyl (C=O) groups is 1. The molecule has 0 spiro atoms. The number of rotatable bonds is 8. The third kappa shape index (κ3) is 5.48. The summed E-state index contributed by atoms with van der Waals surface area (Å²) in [7, 11) is -2.60. The second-order valence-electron chi connectivity index (χ2n) is 8.67. The molecular formula is C27H30N2O4S. The lowest BCUT2D eigenvalue weighted by Gasteiger charge is -2.28. The van der Waals surface area contributed by atoms with E-state index in [1.807, 2.05) is 55.5 Å². The first-order valence-corrected chi connectivity index (χ1v) is 12.9. The molecule has 7 heteroatoms. The van der Waals surface area contributed by atoms with E-state index in [9.17, 15) is 13.2 Å². The standard InChI is InChI=1S/C27H30N2O4S/c1-19-15-16-25(33-2)26(17-19)34(31,32)29-24(18-20-9-4-3-5-10-20)27(30)28-23-14-8-12-21-11-6-7-13-22(21)23/h3-7,9-11,13,15-17,23-24,29H,8,12,14,18H2,1-2H3,(H,28,30)/t23-,24-/m0/s1. The lowest BCUT2D eigenvalue weighted by molar-refractivity contribution is -0.123. The Balaban J connectivity index is 1.62. The molecule has 2 N–H and O–H groups in total. The maximum absolute atomic E-state index is 13.5. The summed E-state index contributed by atoms with van der Waals surface area (Å²) in [6.45, 7) is 1.81. The number of carbonyl (C=O) groups excluding carboxylic acids is 1. The van der Waals surface area contributed by atoms with Crippen LogP contribution in [0.4, 0.5) is 0 Å². The molecule has 6 nitrogen and oxygen atoms in total. The van der Waals surface area contributed by atoms with Crippen LogP contribution in [0.1, 0.15) is 41.1 Å². The summed E-state index contributed by atoms with van der Waals surface area (Å²) in [5, 5.41) is 3.11. The second-order valence-corrected chi connectivity index (χ2v) is 10.4. The van der Waals surface area contributed by atoms with Gasteiger partial charge in [-0.2, -0.15) is 4.72 Å². The van der Waals surface area contributed by atoms with Gasteiger partial charge in [0.1, 0.15) is 16.7 Å². The van der Waals surface area contributed by atoms with E-state index in [4.69, 9.17) is 4.74 Å². The molecule has 3 aromatic carbocycles. The first-order valence-electron chi connectivity index (χ1n) is 11.5. The van der Waals surface area contributed by atoms with Gasteiger partial charge in [0.15, 0.2) is 0 Å². The van der Waals surface area contributed by atoms with Gasteiger partial charge in [-0.25, -0.2) is 8.42 Å². The van der Waals surface area contributed by atoms with Crippen LogP contribution in [0, 0.1) is 6.92 Å². The Hall–Kier alpha value is -3.16. The minimum atomic E-state index is -4.03. The van der Waals surface area contributed by atoms with Crippen molar-refractivity contribution in [2.75, 3.05) is 7.11 Å². The van der Waals surface area contributed by atoms with Crippen LogP contribution in [0.5, 0.6) is 5.75 Å². The Morgan fingerprint density at radius 1 is 1.06 bits per heavy atom. The lowest BCUT2D eigenvalue weighted by Crippen LogP contribution is -2.49. The van der Waals surface area contributed by atoms with Crippen molar-refractivity contribution in [2.45, 2.75) is 49.6 Å². The minimum Gasteiger partial charge on any atom is -0.495 e. The number of hydrogen-bond acceptors (Lipinski definition) is 4. The average Bonchev–Trinajstić information content (AvgIpc) is 2.84. The van der Waals surface area contributed by atoms with Gasteiger partial charge in [0.2, 0.25) is 15.9 Å². The Labute approximate surface area is 201 Å². The number of amides is 1. The zero-order valence-corrected chi connectivity index (χ0v) is 20.3. The molecule has 1 aliphatic rings. The number of sulfonamides is 1. The van der Waals surface area contributed by atoms with Gasteiger partial charge in [-0.05, 0) is 67.0 Å². The zero-order valence-electron chi connectivity index (χ0n) is 19.5. The van der Waals surface area contributed by atoms with Crippen LogP contribution in [0.2, 0.25) is 0 Å². The highest BCUT2D eigenvalue weighted by atomic mass is 32.2. The molecule has 0 radical (unpaired) electrons. The number of methoxy groups -OCH3 is 1. The minimum absolute atomic E-state index is 0.0175. The molecule has 0 unspecified atom stereocenters. The molecule has 2 atom stereocenters. The smallest absolute Gasteiger partial charge is 0.244 e. The Morgan fingerprint density at radius 3 is 2.56 bits per heavy atom. The quantitative estimate of drug-likeness (QED) is 0.511. The molecule has 0 aliphatic heterocycles. The van der Waals surface area contributed by atoms with Crippen molar-refractivity contribution >= 4 is 15.9 Å². The molecule has 1 amide bonds. The van der Waals surface area contributed by atoms with Crippen molar-refractivity contribution in [3.8, 4) is 5.75 Å². The lowest BCUT2D eigenvalue weighted by atomic mass is 9.87. The van der Waals surface area contributed by atoms with Crippen molar-refractivity contribution in [3.63, 3.8) is 0 Å². The fourth-order valence-electron chi connectivity index (χ4n) is 4.46. The van der Waals surface area contributed by atoms with Gasteiger partial charge >= 0.3 is 0 Å². The van der Waals surface area contributed by atoms with Crippen molar-refractivity contribution in [2.24, 2.45) is 0 Å². The molecule has 0 fully saturated rings. The van der Waals surface area contributed by atoms with Crippen LogP contribution < -0.4 is 14.8 Å². The number of hydrogen-bond donors (Lipinski definition) is 2. The molecule has 4 rings (SSSR count). The van der Waals surface area contributed by atoms with E-state index in [-0.39, 0.29) is 29.0 Å². The summed E-state index contributed by atoms with van der Waals surface area (Å²) >= 11 is 0. The van der Waals surface area contributed by atoms with E-state index in [1.54, 1.807) is 18.2 Å². The first-order chi connectivity index (χ1) is 16.4. The number of benzene rings is 3. The van der Waals surface area contributed by atoms with Gasteiger partial charge in [0.05, 0.1) is 13.2 Å². The van der Waals surface area contributed by atoms with E-state index in [1.165, 1.54) is 12.7 Å². The maximum Gasteiger partial charge on any atom is 0.244 e. The van der Waals surface area contributed by atoms with Gasteiger partial charge in [-0.3, -0.25) is 4.79 Å². The largest absolute Gasteiger partial charge is 0.495 e. The molecule has 3 aromatic rings. The van der Waals surface area contributed by atoms with Crippen molar-refractivity contribution in [3.05, 3.63) is 95.1 Å². The summed E-state index contributed by atoms with van der Waals surface area (Å²) in [6, 6.07) is 21.3. The predicted molar refractivity (Wildman–Crippen MR) is 132 cm³/mol. The highest BCUT2D eigenvalue weighted by Gasteiger charge is 2.30. The fraction of sp³-hybridized carbons (Fsp3) is 0.296. The van der Waals surface area contributed by atoms with Gasteiger partial charge in [-0.15, -0.1) is 0 Å². The fourth-order valence-corrected chi connectivity index (χ4v) is 5.91. The summed E-state index contributed by atoms with van der Waals surface area (Å²) in [5.74, 6) is -0.112. The average molecular weight is 479 g/mol. The van der Waals surface area contributed by atoms with Crippen molar-refractivity contribution in [1.29, 1.82) is 0 Å². The molecule has 0 aromatic heterocycles. The van der Waals surface area contributed by atoms with E-state index in [0.717, 1.165) is 36.0 Å². The molecule has 178 valence electrons. The SMILES string of the molecule is COc1ccc(C)cc1S(=O)(=O)N[C@@H](Cc1ccccc1)C(=O)N[C@H]1CCCc2ccccc21. The van der Waals surface area contributed by atoms with Crippen LogP contribution in [0.25, 0.3) is 0 Å². The summed E-state index contributed by atoms with van der Waals surface area (Å²) < 4.78 is 34.7. The number of nitrogens with one attached hydrogen (secondary N) is 2. The highest BCUT2D eigenvalue weighted by Crippen LogP contribution is 2.30. The van der Waals surface area contributed by atoms with Crippen molar-refractivity contribution in [1.82, 2.24) is 10.0 Å². The second kappa shape index (κ2) is 10.4. The van der Waals surface area contributed by atoms with Crippen LogP contribution in [0.3, 0.4) is 0 Å². The van der Waals surface area contributed by atoms with Gasteiger partial charge in [0.25, 0.3) is 0 Å². The van der Waals surface area contributed by atoms with E-state index in [0.29, 0.717) is 0 Å². The van der Waals surface area contributed by atoms with E-state index >= 15 is 0 Å². The van der Waals surface area contributed by atoms with Gasteiger partial charge < -0.3 is 10.1 Å². The van der Waals surface area contributed by atoms with Gasteiger partial charge in [-0.1, -0.05) is 60.7 Å². The monoisotopic (exact) mass is 478 g/mol. The topological polar surface area (TPSA) is 84.5 Å². The Bertz CT molecular complexity index is 1260. The zero-order chi connectivity index (χ0) is 24.1. The Morgan fingerprint density at radius 2 is 1.79 bits per heavy atom. The molecule has 0 bridgehead atoms. The Kier molecular flexibility index (Phi) is 7.34. The van der Waals surface area contributed by atoms with E-state index in [2.05, 4.69) is 16.1 Å². The highest BCUT2D eigenvalue weighted by molar-refractivity contribution is 7.89. The van der Waals surface area contributed by atoms with Crippen LogP contribution in [-0.4, -0.2) is 27.5 Å². The maximum atomic E-state index is 13.5. The number of ether oxygens (including phenoxy) is 1.